The van der Waals surface area contributed by atoms with E-state index in [1.165, 1.54) is 11.0 Å². The fourth-order valence-electron chi connectivity index (χ4n) is 2.75. The maximum atomic E-state index is 13.3. The Labute approximate surface area is 144 Å². The van der Waals surface area contributed by atoms with Gasteiger partial charge in [0.25, 0.3) is 0 Å². The predicted molar refractivity (Wildman–Crippen MR) is 85.4 cm³/mol. The van der Waals surface area contributed by atoms with E-state index in [9.17, 15) is 26.8 Å². The third-order valence-corrected chi connectivity index (χ3v) is 5.88. The van der Waals surface area contributed by atoms with Gasteiger partial charge in [0, 0.05) is 19.0 Å². The summed E-state index contributed by atoms with van der Waals surface area (Å²) in [6.45, 7) is -0.150. The second-order valence-corrected chi connectivity index (χ2v) is 8.38. The predicted octanol–water partition coefficient (Wildman–Crippen LogP) is 1.59. The van der Waals surface area contributed by atoms with Crippen molar-refractivity contribution in [3.8, 4) is 0 Å². The molecule has 1 N–H and O–H groups in total. The number of hydrogen-bond acceptors (Lipinski definition) is 4. The summed E-state index contributed by atoms with van der Waals surface area (Å²) < 4.78 is 49.3. The van der Waals surface area contributed by atoms with Gasteiger partial charge in [-0.15, -0.1) is 0 Å². The maximum absolute atomic E-state index is 13.3. The fourth-order valence-corrected chi connectivity index (χ4v) is 4.24. The summed E-state index contributed by atoms with van der Waals surface area (Å²) in [5.74, 6) is -4.18. The monoisotopic (exact) mass is 375 g/mol. The summed E-state index contributed by atoms with van der Waals surface area (Å²) in [4.78, 5) is 24.7. The van der Waals surface area contributed by atoms with Gasteiger partial charge in [0.1, 0.15) is 9.84 Å². The fraction of sp³-hybridized carbons (Fsp3) is 0.500. The van der Waals surface area contributed by atoms with Gasteiger partial charge >= 0.3 is 5.97 Å². The molecule has 0 aliphatic carbocycles. The second-order valence-electron chi connectivity index (χ2n) is 6.08. The number of nitrogens with zero attached hydrogens (tertiary/aromatic N) is 1. The quantitative estimate of drug-likeness (QED) is 0.815. The molecule has 0 saturated carbocycles. The molecule has 9 heteroatoms. The van der Waals surface area contributed by atoms with Gasteiger partial charge in [0.2, 0.25) is 5.91 Å². The largest absolute Gasteiger partial charge is 0.481 e. The van der Waals surface area contributed by atoms with Crippen molar-refractivity contribution in [2.75, 3.05) is 18.1 Å². The molecular weight excluding hydrogens is 356 g/mol. The van der Waals surface area contributed by atoms with Gasteiger partial charge in [-0.2, -0.15) is 0 Å². The van der Waals surface area contributed by atoms with Crippen LogP contribution in [0.25, 0.3) is 0 Å². The lowest BCUT2D eigenvalue weighted by Crippen LogP contribution is -2.40. The SMILES string of the molecule is O=C(O)CCN(Cc1ccc(F)c(F)c1)C(=O)C1CCS(=O)(=O)CC1. The zero-order chi connectivity index (χ0) is 18.6. The number of rotatable bonds is 6. The van der Waals surface area contributed by atoms with E-state index in [-0.39, 0.29) is 49.8 Å². The number of carboxylic acids is 1. The number of aliphatic carboxylic acids is 1. The van der Waals surface area contributed by atoms with Crippen molar-refractivity contribution >= 4 is 21.7 Å². The van der Waals surface area contributed by atoms with Crippen LogP contribution in [0.5, 0.6) is 0 Å². The molecule has 1 amide bonds. The Hall–Kier alpha value is -2.03. The second kappa shape index (κ2) is 7.90. The lowest BCUT2D eigenvalue weighted by molar-refractivity contribution is -0.140. The molecule has 1 aromatic rings. The van der Waals surface area contributed by atoms with Crippen LogP contribution in [-0.2, 0) is 26.0 Å². The highest BCUT2D eigenvalue weighted by Crippen LogP contribution is 2.22. The molecular formula is C16H19F2NO5S. The number of carboxylic acid groups (broad SMARTS) is 1. The minimum absolute atomic E-state index is 0.0629. The zero-order valence-electron chi connectivity index (χ0n) is 13.5. The molecule has 6 nitrogen and oxygen atoms in total. The third kappa shape index (κ3) is 5.48. The van der Waals surface area contributed by atoms with Crippen LogP contribution in [0.2, 0.25) is 0 Å². The minimum atomic E-state index is -3.13. The Morgan fingerprint density at radius 1 is 1.16 bits per heavy atom. The summed E-state index contributed by atoms with van der Waals surface area (Å²) in [5, 5.41) is 8.84. The molecule has 1 saturated heterocycles. The Morgan fingerprint density at radius 3 is 2.36 bits per heavy atom. The summed E-state index contributed by atoms with van der Waals surface area (Å²) in [7, 11) is -3.13. The average molecular weight is 375 g/mol. The molecule has 1 fully saturated rings. The Balaban J connectivity index is 2.12. The molecule has 1 aliphatic heterocycles. The molecule has 1 heterocycles. The molecule has 0 spiro atoms. The van der Waals surface area contributed by atoms with Gasteiger partial charge in [-0.3, -0.25) is 9.59 Å². The molecule has 0 aromatic heterocycles. The van der Waals surface area contributed by atoms with E-state index < -0.39 is 33.4 Å². The summed E-state index contributed by atoms with van der Waals surface area (Å²) >= 11 is 0. The van der Waals surface area contributed by atoms with Crippen LogP contribution in [0.15, 0.2) is 18.2 Å². The van der Waals surface area contributed by atoms with E-state index >= 15 is 0 Å². The van der Waals surface area contributed by atoms with Crippen LogP contribution in [0, 0.1) is 17.6 Å². The standard InChI is InChI=1S/C16H19F2NO5S/c17-13-2-1-11(9-14(13)18)10-19(6-3-15(20)21)16(22)12-4-7-25(23,24)8-5-12/h1-2,9,12H,3-8,10H2,(H,20,21). The first-order valence-corrected chi connectivity index (χ1v) is 9.65. The first-order chi connectivity index (χ1) is 11.7. The molecule has 0 atom stereocenters. The third-order valence-electron chi connectivity index (χ3n) is 4.17. The average Bonchev–Trinajstić information content (AvgIpc) is 2.54. The first-order valence-electron chi connectivity index (χ1n) is 7.83. The molecule has 0 radical (unpaired) electrons. The molecule has 0 bridgehead atoms. The van der Waals surface area contributed by atoms with Gasteiger partial charge in [-0.05, 0) is 30.5 Å². The Morgan fingerprint density at radius 2 is 1.80 bits per heavy atom. The van der Waals surface area contributed by atoms with Crippen molar-refractivity contribution in [2.45, 2.75) is 25.8 Å². The van der Waals surface area contributed by atoms with Crippen LogP contribution in [0.4, 0.5) is 8.78 Å². The smallest absolute Gasteiger partial charge is 0.305 e. The maximum Gasteiger partial charge on any atom is 0.305 e. The normalized spacial score (nSPS) is 17.2. The lowest BCUT2D eigenvalue weighted by Gasteiger charge is -2.29. The zero-order valence-corrected chi connectivity index (χ0v) is 14.3. The number of benzene rings is 1. The van der Waals surface area contributed by atoms with Gasteiger partial charge in [0.15, 0.2) is 11.6 Å². The number of carbonyl (C=O) groups excluding carboxylic acids is 1. The van der Waals surface area contributed by atoms with Gasteiger partial charge in [-0.25, -0.2) is 17.2 Å². The van der Waals surface area contributed by atoms with E-state index in [0.717, 1.165) is 12.1 Å². The van der Waals surface area contributed by atoms with Crippen LogP contribution in [-0.4, -0.2) is 48.4 Å². The van der Waals surface area contributed by atoms with Crippen molar-refractivity contribution in [3.05, 3.63) is 35.4 Å². The van der Waals surface area contributed by atoms with Crippen LogP contribution >= 0.6 is 0 Å². The molecule has 1 aliphatic rings. The van der Waals surface area contributed by atoms with Crippen LogP contribution in [0.3, 0.4) is 0 Å². The molecule has 2 rings (SSSR count). The van der Waals surface area contributed by atoms with E-state index in [4.69, 9.17) is 5.11 Å². The first kappa shape index (κ1) is 19.3. The van der Waals surface area contributed by atoms with Crippen molar-refractivity contribution in [2.24, 2.45) is 5.92 Å². The van der Waals surface area contributed by atoms with Gasteiger partial charge < -0.3 is 10.0 Å². The number of sulfone groups is 1. The van der Waals surface area contributed by atoms with Gasteiger partial charge in [-0.1, -0.05) is 6.07 Å². The molecule has 0 unspecified atom stereocenters. The van der Waals surface area contributed by atoms with Crippen molar-refractivity contribution in [3.63, 3.8) is 0 Å². The van der Waals surface area contributed by atoms with E-state index in [1.54, 1.807) is 0 Å². The number of carbonyl (C=O) groups is 2. The summed E-state index contributed by atoms with van der Waals surface area (Å²) in [6, 6.07) is 3.23. The highest BCUT2D eigenvalue weighted by Gasteiger charge is 2.31. The highest BCUT2D eigenvalue weighted by molar-refractivity contribution is 7.91. The van der Waals surface area contributed by atoms with E-state index in [2.05, 4.69) is 0 Å². The highest BCUT2D eigenvalue weighted by atomic mass is 32.2. The van der Waals surface area contributed by atoms with E-state index in [0.29, 0.717) is 5.56 Å². The summed E-state index contributed by atoms with van der Waals surface area (Å²) in [6.07, 6.45) is 0.0749. The molecule has 1 aromatic carbocycles. The minimum Gasteiger partial charge on any atom is -0.481 e. The molecule has 138 valence electrons. The van der Waals surface area contributed by atoms with Crippen molar-refractivity contribution in [1.82, 2.24) is 4.90 Å². The van der Waals surface area contributed by atoms with Crippen molar-refractivity contribution in [1.29, 1.82) is 0 Å². The Kier molecular flexibility index (Phi) is 6.10. The Bertz CT molecular complexity index is 752. The number of halogens is 2. The number of amides is 1. The lowest BCUT2D eigenvalue weighted by atomic mass is 10.0. The van der Waals surface area contributed by atoms with Crippen LogP contribution < -0.4 is 0 Å². The molecule has 25 heavy (non-hydrogen) atoms. The number of hydrogen-bond donors (Lipinski definition) is 1. The summed E-state index contributed by atoms with van der Waals surface area (Å²) in [5.41, 5.74) is 0.334. The van der Waals surface area contributed by atoms with Crippen molar-refractivity contribution < 1.29 is 31.9 Å². The van der Waals surface area contributed by atoms with Crippen LogP contribution in [0.1, 0.15) is 24.8 Å². The van der Waals surface area contributed by atoms with E-state index in [1.807, 2.05) is 0 Å². The topological polar surface area (TPSA) is 91.8 Å². The van der Waals surface area contributed by atoms with Gasteiger partial charge in [0.05, 0.1) is 17.9 Å².